The maximum Gasteiger partial charge on any atom is 0.284 e. The molecule has 1 aliphatic rings. The molecule has 0 bridgehead atoms. The Hall–Kier alpha value is -2.24. The van der Waals surface area contributed by atoms with Crippen LogP contribution < -0.4 is 16.4 Å². The monoisotopic (exact) mass is 262 g/mol. The van der Waals surface area contributed by atoms with E-state index in [0.29, 0.717) is 24.3 Å². The first-order chi connectivity index (χ1) is 9.19. The molecule has 0 radical (unpaired) electrons. The average molecular weight is 262 g/mol. The first kappa shape index (κ1) is 13.2. The van der Waals surface area contributed by atoms with Crippen LogP contribution in [0.5, 0.6) is 0 Å². The lowest BCUT2D eigenvalue weighted by molar-refractivity contribution is 0.0972. The Balaban J connectivity index is 1.83. The molecule has 0 saturated heterocycles. The molecule has 102 valence electrons. The Morgan fingerprint density at radius 2 is 2.21 bits per heavy atom. The number of rotatable bonds is 4. The number of hydrogen-bond donors (Lipinski definition) is 3. The lowest BCUT2D eigenvalue weighted by Gasteiger charge is -2.16. The molecule has 0 unspecified atom stereocenters. The molecule has 0 aromatic carbocycles. The van der Waals surface area contributed by atoms with E-state index in [1.54, 1.807) is 19.2 Å². The van der Waals surface area contributed by atoms with E-state index in [0.717, 1.165) is 12.8 Å². The van der Waals surface area contributed by atoms with Crippen molar-refractivity contribution in [1.82, 2.24) is 10.6 Å². The molecule has 2 rings (SSSR count). The third-order valence-electron chi connectivity index (χ3n) is 2.91. The van der Waals surface area contributed by atoms with Gasteiger partial charge in [0, 0.05) is 13.1 Å². The fourth-order valence-electron chi connectivity index (χ4n) is 1.90. The van der Waals surface area contributed by atoms with Crippen LogP contribution in [0.25, 0.3) is 0 Å². The van der Waals surface area contributed by atoms with E-state index in [1.807, 2.05) is 0 Å². The molecule has 1 amide bonds. The van der Waals surface area contributed by atoms with Gasteiger partial charge in [-0.05, 0) is 25.0 Å². The van der Waals surface area contributed by atoms with Crippen LogP contribution in [0.4, 0.5) is 0 Å². The van der Waals surface area contributed by atoms with Crippen molar-refractivity contribution in [3.63, 3.8) is 0 Å². The summed E-state index contributed by atoms with van der Waals surface area (Å²) in [5.74, 6) is 0.956. The summed E-state index contributed by atoms with van der Waals surface area (Å²) in [4.78, 5) is 15.0. The van der Waals surface area contributed by atoms with E-state index in [2.05, 4.69) is 27.8 Å². The molecule has 1 aromatic rings. The van der Waals surface area contributed by atoms with Crippen molar-refractivity contribution in [2.75, 3.05) is 7.05 Å². The molecular weight excluding hydrogens is 244 g/mol. The summed E-state index contributed by atoms with van der Waals surface area (Å²) in [5, 5.41) is 6.44. The molecule has 0 fully saturated rings. The van der Waals surface area contributed by atoms with Gasteiger partial charge in [0.2, 0.25) is 0 Å². The molecule has 1 aliphatic carbocycles. The Kier molecular flexibility index (Phi) is 4.22. The smallest absolute Gasteiger partial charge is 0.284 e. The van der Waals surface area contributed by atoms with Crippen LogP contribution >= 0.6 is 0 Å². The van der Waals surface area contributed by atoms with E-state index in [4.69, 9.17) is 10.2 Å². The Morgan fingerprint density at radius 3 is 2.79 bits per heavy atom. The summed E-state index contributed by atoms with van der Waals surface area (Å²) in [5.41, 5.74) is 5.12. The van der Waals surface area contributed by atoms with Crippen LogP contribution in [0.1, 0.15) is 29.2 Å². The van der Waals surface area contributed by atoms with Gasteiger partial charge >= 0.3 is 0 Å². The number of aliphatic imine (C=N–C) groups is 1. The largest absolute Gasteiger partial charge is 0.454 e. The van der Waals surface area contributed by atoms with Gasteiger partial charge in [-0.3, -0.25) is 9.79 Å². The number of carbonyl (C=O) groups is 1. The third-order valence-corrected chi connectivity index (χ3v) is 2.91. The van der Waals surface area contributed by atoms with E-state index >= 15 is 0 Å². The van der Waals surface area contributed by atoms with Gasteiger partial charge in [0.25, 0.3) is 5.91 Å². The fourth-order valence-corrected chi connectivity index (χ4v) is 1.90. The van der Waals surface area contributed by atoms with Crippen molar-refractivity contribution < 1.29 is 9.21 Å². The van der Waals surface area contributed by atoms with E-state index < -0.39 is 5.91 Å². The van der Waals surface area contributed by atoms with Crippen molar-refractivity contribution in [2.45, 2.75) is 25.4 Å². The zero-order chi connectivity index (χ0) is 13.7. The second-order valence-corrected chi connectivity index (χ2v) is 4.34. The maximum atomic E-state index is 10.9. The van der Waals surface area contributed by atoms with Gasteiger partial charge in [0.05, 0.1) is 6.54 Å². The highest BCUT2D eigenvalue weighted by Crippen LogP contribution is 2.09. The summed E-state index contributed by atoms with van der Waals surface area (Å²) in [6.07, 6.45) is 6.31. The molecule has 0 aliphatic heterocycles. The zero-order valence-electron chi connectivity index (χ0n) is 10.8. The number of guanidine groups is 1. The lowest BCUT2D eigenvalue weighted by atomic mass is 10.2. The van der Waals surface area contributed by atoms with Crippen LogP contribution in [0, 0.1) is 0 Å². The van der Waals surface area contributed by atoms with E-state index in [9.17, 15) is 4.79 Å². The Labute approximate surface area is 111 Å². The van der Waals surface area contributed by atoms with Crippen molar-refractivity contribution in [2.24, 2.45) is 10.7 Å². The van der Waals surface area contributed by atoms with Gasteiger partial charge in [0.1, 0.15) is 5.76 Å². The van der Waals surface area contributed by atoms with Crippen LogP contribution in [0.3, 0.4) is 0 Å². The topological polar surface area (TPSA) is 92.6 Å². The van der Waals surface area contributed by atoms with Gasteiger partial charge in [-0.1, -0.05) is 12.2 Å². The number of furan rings is 1. The minimum absolute atomic E-state index is 0.166. The quantitative estimate of drug-likeness (QED) is 0.424. The average Bonchev–Trinajstić information content (AvgIpc) is 3.05. The maximum absolute atomic E-state index is 10.9. The number of carbonyl (C=O) groups excluding carboxylic acids is 1. The highest BCUT2D eigenvalue weighted by molar-refractivity contribution is 5.89. The Bertz CT molecular complexity index is 496. The van der Waals surface area contributed by atoms with Crippen molar-refractivity contribution in [3.8, 4) is 0 Å². The summed E-state index contributed by atoms with van der Waals surface area (Å²) in [7, 11) is 1.72. The summed E-state index contributed by atoms with van der Waals surface area (Å²) in [6, 6.07) is 3.68. The van der Waals surface area contributed by atoms with Gasteiger partial charge < -0.3 is 20.8 Å². The predicted octanol–water partition coefficient (Wildman–Crippen LogP) is 0.762. The molecule has 0 saturated carbocycles. The van der Waals surface area contributed by atoms with Gasteiger partial charge in [-0.2, -0.15) is 0 Å². The molecular formula is C13H18N4O2. The van der Waals surface area contributed by atoms with Crippen molar-refractivity contribution in [3.05, 3.63) is 35.8 Å². The number of nitrogens with zero attached hydrogens (tertiary/aromatic N) is 1. The predicted molar refractivity (Wildman–Crippen MR) is 72.7 cm³/mol. The molecule has 19 heavy (non-hydrogen) atoms. The summed E-state index contributed by atoms with van der Waals surface area (Å²) >= 11 is 0. The molecule has 0 atom stereocenters. The molecule has 4 N–H and O–H groups in total. The minimum atomic E-state index is -0.564. The second kappa shape index (κ2) is 6.08. The second-order valence-electron chi connectivity index (χ2n) is 4.34. The fraction of sp³-hybridized carbons (Fsp3) is 0.385. The molecule has 1 aromatic heterocycles. The minimum Gasteiger partial charge on any atom is -0.454 e. The van der Waals surface area contributed by atoms with Gasteiger partial charge in [0.15, 0.2) is 11.7 Å². The zero-order valence-corrected chi connectivity index (χ0v) is 10.8. The van der Waals surface area contributed by atoms with Crippen molar-refractivity contribution >= 4 is 11.9 Å². The normalized spacial score (nSPS) is 15.7. The standard InChI is InChI=1S/C13H18N4O2/c1-15-13(17-9-4-2-3-5-9)16-8-10-6-7-11(19-10)12(14)18/h2-3,6-7,9H,4-5,8H2,1H3,(H2,14,18)(H2,15,16,17). The number of hydrogen-bond acceptors (Lipinski definition) is 3. The summed E-state index contributed by atoms with van der Waals surface area (Å²) < 4.78 is 5.28. The van der Waals surface area contributed by atoms with Crippen LogP contribution in [-0.4, -0.2) is 25.0 Å². The third kappa shape index (κ3) is 3.61. The highest BCUT2D eigenvalue weighted by Gasteiger charge is 2.12. The van der Waals surface area contributed by atoms with Crippen molar-refractivity contribution in [1.29, 1.82) is 0 Å². The number of nitrogens with two attached hydrogens (primary N) is 1. The van der Waals surface area contributed by atoms with Crippen LogP contribution in [-0.2, 0) is 6.54 Å². The van der Waals surface area contributed by atoms with Crippen LogP contribution in [0.15, 0.2) is 33.7 Å². The van der Waals surface area contributed by atoms with Gasteiger partial charge in [-0.25, -0.2) is 0 Å². The first-order valence-corrected chi connectivity index (χ1v) is 6.19. The first-order valence-electron chi connectivity index (χ1n) is 6.19. The SMILES string of the molecule is CN=C(NCc1ccc(C(N)=O)o1)NC1CC=CC1. The highest BCUT2D eigenvalue weighted by atomic mass is 16.3. The molecule has 1 heterocycles. The molecule has 6 heteroatoms. The van der Waals surface area contributed by atoms with E-state index in [-0.39, 0.29) is 5.76 Å². The number of nitrogens with one attached hydrogen (secondary N) is 2. The van der Waals surface area contributed by atoms with E-state index in [1.165, 1.54) is 0 Å². The lowest BCUT2D eigenvalue weighted by Crippen LogP contribution is -2.42. The summed E-state index contributed by atoms with van der Waals surface area (Å²) in [6.45, 7) is 0.451. The van der Waals surface area contributed by atoms with Crippen LogP contribution in [0.2, 0.25) is 0 Å². The molecule has 6 nitrogen and oxygen atoms in total. The number of amides is 1. The molecule has 0 spiro atoms. The van der Waals surface area contributed by atoms with Gasteiger partial charge in [-0.15, -0.1) is 0 Å². The number of primary amides is 1. The Morgan fingerprint density at radius 1 is 1.47 bits per heavy atom.